The van der Waals surface area contributed by atoms with Gasteiger partial charge in [-0.1, -0.05) is 5.11 Å². The minimum Gasteiger partial charge on any atom is -0.463 e. The maximum Gasteiger partial charge on any atom is 0.472 e. The highest BCUT2D eigenvalue weighted by Gasteiger charge is 2.52. The lowest BCUT2D eigenvalue weighted by atomic mass is 9.96. The van der Waals surface area contributed by atoms with E-state index in [1.165, 1.54) is 0 Å². The van der Waals surface area contributed by atoms with E-state index in [2.05, 4.69) is 19.9 Å². The minimum absolute atomic E-state index is 0.578. The van der Waals surface area contributed by atoms with Gasteiger partial charge >= 0.3 is 25.7 Å². The molecule has 1 fully saturated rings. The molecule has 17 heteroatoms. The van der Waals surface area contributed by atoms with Crippen LogP contribution in [0.25, 0.3) is 10.4 Å². The largest absolute Gasteiger partial charge is 0.472 e. The Bertz CT molecular complexity index is 794. The summed E-state index contributed by atoms with van der Waals surface area (Å²) in [5, 5.41) is 5.23. The summed E-state index contributed by atoms with van der Waals surface area (Å²) < 4.78 is 36.4. The van der Waals surface area contributed by atoms with Crippen molar-refractivity contribution in [1.29, 1.82) is 0 Å². The Kier molecular flexibility index (Phi) is 9.84. The number of ether oxygens (including phenoxy) is 4. The number of nitrogens with zero attached hydrogens (tertiary/aromatic N) is 3. The monoisotopic (exact) mass is 468 g/mol. The lowest BCUT2D eigenvalue weighted by Gasteiger charge is -2.44. The third-order valence-electron chi connectivity index (χ3n) is 3.55. The van der Waals surface area contributed by atoms with Crippen LogP contribution in [0.2, 0.25) is 0 Å². The standard InChI is InChI=1S/C14H21N4O12P/c1-6(19)26-5-9-12(27-7(2)20)13(28-8(3)21)11(17-10(22)4-16-18-15)14(29-9)30-31(23,24)25/h9,11-14H,4-5H2,1-3H3,(H,17,22)(H2,23,24,25)/t9?,11?,12-,13?,14+/m0/s1. The lowest BCUT2D eigenvalue weighted by Crippen LogP contribution is -2.66. The van der Waals surface area contributed by atoms with E-state index in [4.69, 9.17) is 24.5 Å². The highest BCUT2D eigenvalue weighted by atomic mass is 31.2. The van der Waals surface area contributed by atoms with Gasteiger partial charge in [0, 0.05) is 25.7 Å². The highest BCUT2D eigenvalue weighted by molar-refractivity contribution is 7.46. The van der Waals surface area contributed by atoms with Gasteiger partial charge in [0.1, 0.15) is 25.3 Å². The number of hydrogen-bond acceptors (Lipinski definition) is 11. The molecule has 0 aromatic carbocycles. The van der Waals surface area contributed by atoms with Crippen LogP contribution in [0.15, 0.2) is 5.11 Å². The number of phosphoric acid groups is 1. The van der Waals surface area contributed by atoms with Gasteiger partial charge in [0.25, 0.3) is 0 Å². The summed E-state index contributed by atoms with van der Waals surface area (Å²) in [4.78, 5) is 67.2. The molecule has 1 heterocycles. The SMILES string of the molecule is CC(=O)OCC1O[C@H](OP(=O)(O)O)C(NC(=O)CN=[N+]=[N-])C(OC(C)=O)[C@H]1OC(C)=O. The molecule has 0 aromatic heterocycles. The average Bonchev–Trinajstić information content (AvgIpc) is 2.61. The summed E-state index contributed by atoms with van der Waals surface area (Å²) in [7, 11) is -5.22. The second-order valence-corrected chi connectivity index (χ2v) is 7.26. The molecule has 3 N–H and O–H groups in total. The van der Waals surface area contributed by atoms with E-state index >= 15 is 0 Å². The first kappa shape index (κ1) is 26.3. The Morgan fingerprint density at radius 3 is 2.16 bits per heavy atom. The summed E-state index contributed by atoms with van der Waals surface area (Å²) in [6.45, 7) is 1.76. The molecule has 1 aliphatic heterocycles. The fourth-order valence-corrected chi connectivity index (χ4v) is 3.06. The topological polar surface area (TPSA) is 233 Å². The van der Waals surface area contributed by atoms with Crippen LogP contribution in [-0.2, 0) is 47.2 Å². The Labute approximate surface area is 175 Å². The van der Waals surface area contributed by atoms with E-state index < -0.39 is 75.4 Å². The van der Waals surface area contributed by atoms with Crippen LogP contribution in [0, 0.1) is 0 Å². The number of esters is 3. The first-order valence-corrected chi connectivity index (χ1v) is 10.0. The molecule has 0 radical (unpaired) electrons. The van der Waals surface area contributed by atoms with Crippen molar-refractivity contribution < 1.29 is 57.0 Å². The van der Waals surface area contributed by atoms with Crippen molar-refractivity contribution >= 4 is 31.6 Å². The quantitative estimate of drug-likeness (QED) is 0.0927. The molecule has 0 saturated carbocycles. The van der Waals surface area contributed by atoms with Crippen molar-refractivity contribution in [2.75, 3.05) is 13.2 Å². The fourth-order valence-electron chi connectivity index (χ4n) is 2.61. The number of rotatable bonds is 9. The van der Waals surface area contributed by atoms with Gasteiger partial charge in [-0.25, -0.2) is 4.57 Å². The molecule has 0 aliphatic carbocycles. The third kappa shape index (κ3) is 9.29. The van der Waals surface area contributed by atoms with Gasteiger partial charge < -0.3 is 34.1 Å². The number of hydrogen-bond donors (Lipinski definition) is 3. The summed E-state index contributed by atoms with van der Waals surface area (Å²) in [6.07, 6.45) is -6.43. The van der Waals surface area contributed by atoms with Gasteiger partial charge in [-0.2, -0.15) is 0 Å². The summed E-state index contributed by atoms with van der Waals surface area (Å²) in [5.74, 6) is -3.50. The number of phosphoric ester groups is 1. The van der Waals surface area contributed by atoms with Crippen LogP contribution in [0.1, 0.15) is 20.8 Å². The first-order chi connectivity index (χ1) is 14.3. The van der Waals surface area contributed by atoms with Crippen molar-refractivity contribution in [3.63, 3.8) is 0 Å². The molecule has 0 aromatic rings. The van der Waals surface area contributed by atoms with Gasteiger partial charge in [0.15, 0.2) is 18.5 Å². The second-order valence-electron chi connectivity index (χ2n) is 6.07. The number of amides is 1. The van der Waals surface area contributed by atoms with E-state index in [-0.39, 0.29) is 0 Å². The third-order valence-corrected chi connectivity index (χ3v) is 4.03. The van der Waals surface area contributed by atoms with Crippen molar-refractivity contribution in [3.05, 3.63) is 10.4 Å². The second kappa shape index (κ2) is 11.6. The van der Waals surface area contributed by atoms with E-state index in [0.717, 1.165) is 20.8 Å². The van der Waals surface area contributed by atoms with Crippen LogP contribution < -0.4 is 5.32 Å². The van der Waals surface area contributed by atoms with E-state index in [0.29, 0.717) is 0 Å². The Morgan fingerprint density at radius 1 is 1.10 bits per heavy atom. The van der Waals surface area contributed by atoms with Crippen molar-refractivity contribution in [2.24, 2.45) is 5.11 Å². The maximum atomic E-state index is 12.0. The predicted octanol–water partition coefficient (Wildman–Crippen LogP) is -0.958. The lowest BCUT2D eigenvalue weighted by molar-refractivity contribution is -0.259. The normalized spacial score (nSPS) is 25.5. The molecule has 174 valence electrons. The predicted molar refractivity (Wildman–Crippen MR) is 95.5 cm³/mol. The van der Waals surface area contributed by atoms with Gasteiger partial charge in [-0.05, 0) is 5.53 Å². The summed E-state index contributed by atoms with van der Waals surface area (Å²) >= 11 is 0. The molecule has 0 bridgehead atoms. The minimum atomic E-state index is -5.22. The zero-order valence-electron chi connectivity index (χ0n) is 16.6. The summed E-state index contributed by atoms with van der Waals surface area (Å²) in [6, 6.07) is -1.63. The number of carbonyl (C=O) groups excluding carboxylic acids is 4. The van der Waals surface area contributed by atoms with E-state index in [1.807, 2.05) is 0 Å². The molecule has 1 rings (SSSR count). The number of nitrogens with one attached hydrogen (secondary N) is 1. The van der Waals surface area contributed by atoms with Crippen molar-refractivity contribution in [2.45, 2.75) is 51.4 Å². The van der Waals surface area contributed by atoms with Crippen molar-refractivity contribution in [3.8, 4) is 0 Å². The Morgan fingerprint density at radius 2 is 1.68 bits per heavy atom. The van der Waals surface area contributed by atoms with E-state index in [9.17, 15) is 33.5 Å². The Hall–Kier alpha value is -2.74. The van der Waals surface area contributed by atoms with Crippen LogP contribution >= 0.6 is 7.82 Å². The van der Waals surface area contributed by atoms with Crippen LogP contribution in [0.4, 0.5) is 0 Å². The van der Waals surface area contributed by atoms with Gasteiger partial charge in [-0.3, -0.25) is 23.7 Å². The zero-order valence-corrected chi connectivity index (χ0v) is 17.5. The zero-order chi connectivity index (χ0) is 23.8. The molecule has 1 amide bonds. The molecule has 1 aliphatic rings. The van der Waals surface area contributed by atoms with Gasteiger partial charge in [0.05, 0.1) is 0 Å². The molecule has 16 nitrogen and oxygen atoms in total. The molecule has 5 atom stereocenters. The molecule has 31 heavy (non-hydrogen) atoms. The molecular formula is C14H21N4O12P. The molecule has 0 spiro atoms. The Balaban J connectivity index is 3.40. The highest BCUT2D eigenvalue weighted by Crippen LogP contribution is 2.41. The van der Waals surface area contributed by atoms with Crippen molar-refractivity contribution in [1.82, 2.24) is 5.32 Å². The van der Waals surface area contributed by atoms with Gasteiger partial charge in [-0.15, -0.1) is 0 Å². The maximum absolute atomic E-state index is 12.0. The number of carbonyl (C=O) groups is 4. The summed E-state index contributed by atoms with van der Waals surface area (Å²) in [5.41, 5.74) is 8.33. The van der Waals surface area contributed by atoms with Gasteiger partial charge in [0.2, 0.25) is 5.91 Å². The van der Waals surface area contributed by atoms with Crippen LogP contribution in [-0.4, -0.2) is 77.4 Å². The smallest absolute Gasteiger partial charge is 0.463 e. The van der Waals surface area contributed by atoms with Crippen LogP contribution in [0.3, 0.4) is 0 Å². The fraction of sp³-hybridized carbons (Fsp3) is 0.714. The molecule has 3 unspecified atom stereocenters. The molecular weight excluding hydrogens is 447 g/mol. The number of azide groups is 1. The average molecular weight is 468 g/mol. The van der Waals surface area contributed by atoms with E-state index in [1.54, 1.807) is 0 Å². The first-order valence-electron chi connectivity index (χ1n) is 8.51. The van der Waals surface area contributed by atoms with Crippen LogP contribution in [0.5, 0.6) is 0 Å². The molecule has 1 saturated heterocycles.